The van der Waals surface area contributed by atoms with Crippen LogP contribution in [0.1, 0.15) is 44.0 Å². The quantitative estimate of drug-likeness (QED) is 0.908. The lowest BCUT2D eigenvalue weighted by Gasteiger charge is -2.22. The lowest BCUT2D eigenvalue weighted by Crippen LogP contribution is -2.30. The van der Waals surface area contributed by atoms with Gasteiger partial charge in [-0.3, -0.25) is 0 Å². The van der Waals surface area contributed by atoms with Crippen LogP contribution in [0.2, 0.25) is 0 Å². The molecule has 3 rings (SSSR count). The number of rotatable bonds is 5. The van der Waals surface area contributed by atoms with Gasteiger partial charge in [-0.1, -0.05) is 13.0 Å². The summed E-state index contributed by atoms with van der Waals surface area (Å²) < 4.78 is 2.44. The van der Waals surface area contributed by atoms with Gasteiger partial charge in [0.05, 0.1) is 11.0 Å². The highest BCUT2D eigenvalue weighted by atomic mass is 15.1. The molecule has 1 aliphatic rings. The van der Waals surface area contributed by atoms with Crippen molar-refractivity contribution in [3.8, 4) is 0 Å². The van der Waals surface area contributed by atoms with Crippen molar-refractivity contribution >= 4 is 11.0 Å². The van der Waals surface area contributed by atoms with E-state index in [1.54, 1.807) is 0 Å². The molecule has 1 N–H and O–H groups in total. The van der Waals surface area contributed by atoms with Crippen LogP contribution in [-0.4, -0.2) is 22.6 Å². The first-order valence-electron chi connectivity index (χ1n) is 8.44. The van der Waals surface area contributed by atoms with Crippen LogP contribution in [0.15, 0.2) is 18.2 Å². The van der Waals surface area contributed by atoms with Gasteiger partial charge in [-0.15, -0.1) is 0 Å². The van der Waals surface area contributed by atoms with E-state index >= 15 is 0 Å². The zero-order valence-corrected chi connectivity index (χ0v) is 13.4. The van der Waals surface area contributed by atoms with Gasteiger partial charge in [-0.25, -0.2) is 4.98 Å². The summed E-state index contributed by atoms with van der Waals surface area (Å²) in [5, 5.41) is 3.52. The second-order valence-electron chi connectivity index (χ2n) is 6.42. The van der Waals surface area contributed by atoms with Crippen LogP contribution < -0.4 is 5.32 Å². The van der Waals surface area contributed by atoms with Crippen molar-refractivity contribution in [2.75, 3.05) is 13.1 Å². The van der Waals surface area contributed by atoms with Crippen molar-refractivity contribution < 1.29 is 0 Å². The summed E-state index contributed by atoms with van der Waals surface area (Å²) >= 11 is 0. The SMILES string of the molecule is CCCn1c(CCC2CCCNC2)nc2cc(C)ccc21. The highest BCUT2D eigenvalue weighted by Gasteiger charge is 2.16. The molecular weight excluding hydrogens is 258 g/mol. The van der Waals surface area contributed by atoms with Gasteiger partial charge in [0.25, 0.3) is 0 Å². The number of nitrogens with one attached hydrogen (secondary N) is 1. The van der Waals surface area contributed by atoms with E-state index in [0.717, 1.165) is 25.3 Å². The summed E-state index contributed by atoms with van der Waals surface area (Å²) in [5.74, 6) is 2.11. The molecule has 21 heavy (non-hydrogen) atoms. The first kappa shape index (κ1) is 14.6. The number of hydrogen-bond donors (Lipinski definition) is 1. The van der Waals surface area contributed by atoms with Gasteiger partial charge in [0, 0.05) is 13.0 Å². The molecule has 1 aromatic carbocycles. The zero-order chi connectivity index (χ0) is 14.7. The molecule has 1 atom stereocenters. The fraction of sp³-hybridized carbons (Fsp3) is 0.611. The molecule has 0 aliphatic carbocycles. The van der Waals surface area contributed by atoms with Crippen LogP contribution in [0.5, 0.6) is 0 Å². The number of piperidine rings is 1. The summed E-state index contributed by atoms with van der Waals surface area (Å²) in [6.07, 6.45) is 6.24. The minimum absolute atomic E-state index is 0.829. The summed E-state index contributed by atoms with van der Waals surface area (Å²) in [6, 6.07) is 6.65. The molecule has 0 saturated carbocycles. The van der Waals surface area contributed by atoms with E-state index in [1.165, 1.54) is 54.8 Å². The van der Waals surface area contributed by atoms with Crippen molar-refractivity contribution in [3.05, 3.63) is 29.6 Å². The number of hydrogen-bond acceptors (Lipinski definition) is 2. The van der Waals surface area contributed by atoms with Crippen LogP contribution in [-0.2, 0) is 13.0 Å². The number of benzene rings is 1. The van der Waals surface area contributed by atoms with Crippen LogP contribution in [0.3, 0.4) is 0 Å². The molecule has 3 heteroatoms. The minimum Gasteiger partial charge on any atom is -0.328 e. The molecule has 0 bridgehead atoms. The molecule has 0 amide bonds. The zero-order valence-electron chi connectivity index (χ0n) is 13.4. The number of aromatic nitrogens is 2. The Morgan fingerprint density at radius 2 is 2.29 bits per heavy atom. The summed E-state index contributed by atoms with van der Waals surface area (Å²) in [5.41, 5.74) is 3.77. The summed E-state index contributed by atoms with van der Waals surface area (Å²) in [4.78, 5) is 4.92. The van der Waals surface area contributed by atoms with Crippen molar-refractivity contribution in [2.24, 2.45) is 5.92 Å². The van der Waals surface area contributed by atoms with Gasteiger partial charge in [0.2, 0.25) is 0 Å². The van der Waals surface area contributed by atoms with Gasteiger partial charge < -0.3 is 9.88 Å². The second kappa shape index (κ2) is 6.61. The van der Waals surface area contributed by atoms with Crippen LogP contribution >= 0.6 is 0 Å². The Morgan fingerprint density at radius 1 is 1.38 bits per heavy atom. The summed E-state index contributed by atoms with van der Waals surface area (Å²) in [6.45, 7) is 7.86. The molecule has 1 unspecified atom stereocenters. The average Bonchev–Trinajstić information content (AvgIpc) is 2.84. The molecular formula is C18H27N3. The van der Waals surface area contributed by atoms with Crippen molar-refractivity contribution in [2.45, 2.75) is 52.5 Å². The third-order valence-corrected chi connectivity index (χ3v) is 4.61. The Labute approximate surface area is 127 Å². The van der Waals surface area contributed by atoms with E-state index in [1.807, 2.05) is 0 Å². The highest BCUT2D eigenvalue weighted by Crippen LogP contribution is 2.22. The molecule has 1 aliphatic heterocycles. The predicted molar refractivity (Wildman–Crippen MR) is 88.7 cm³/mol. The molecule has 114 valence electrons. The molecule has 0 spiro atoms. The maximum absolute atomic E-state index is 4.92. The fourth-order valence-corrected chi connectivity index (χ4v) is 3.46. The summed E-state index contributed by atoms with van der Waals surface area (Å²) in [7, 11) is 0. The first-order chi connectivity index (χ1) is 10.3. The standard InChI is InChI=1S/C18H27N3/c1-3-11-21-17-8-6-14(2)12-16(17)20-18(21)9-7-15-5-4-10-19-13-15/h6,8,12,15,19H,3-5,7,9-11,13H2,1-2H3. The van der Waals surface area contributed by atoms with Gasteiger partial charge in [0.15, 0.2) is 0 Å². The predicted octanol–water partition coefficient (Wildman–Crippen LogP) is 3.69. The molecule has 1 fully saturated rings. The van der Waals surface area contributed by atoms with Crippen molar-refractivity contribution in [1.82, 2.24) is 14.9 Å². The smallest absolute Gasteiger partial charge is 0.109 e. The Kier molecular flexibility index (Phi) is 4.59. The van der Waals surface area contributed by atoms with E-state index < -0.39 is 0 Å². The van der Waals surface area contributed by atoms with E-state index in [2.05, 4.69) is 41.9 Å². The Bertz CT molecular complexity index is 594. The van der Waals surface area contributed by atoms with E-state index in [4.69, 9.17) is 4.98 Å². The average molecular weight is 285 g/mol. The number of nitrogens with zero attached hydrogens (tertiary/aromatic N) is 2. The monoisotopic (exact) mass is 285 g/mol. The van der Waals surface area contributed by atoms with Gasteiger partial charge in [-0.2, -0.15) is 0 Å². The Hall–Kier alpha value is -1.35. The maximum atomic E-state index is 4.92. The third-order valence-electron chi connectivity index (χ3n) is 4.61. The molecule has 0 radical (unpaired) electrons. The van der Waals surface area contributed by atoms with Crippen molar-refractivity contribution in [1.29, 1.82) is 0 Å². The molecule has 2 aromatic rings. The molecule has 1 saturated heterocycles. The highest BCUT2D eigenvalue weighted by molar-refractivity contribution is 5.76. The topological polar surface area (TPSA) is 29.9 Å². The largest absolute Gasteiger partial charge is 0.328 e. The maximum Gasteiger partial charge on any atom is 0.109 e. The van der Waals surface area contributed by atoms with Crippen LogP contribution in [0.25, 0.3) is 11.0 Å². The third kappa shape index (κ3) is 3.29. The van der Waals surface area contributed by atoms with Gasteiger partial charge >= 0.3 is 0 Å². The van der Waals surface area contributed by atoms with Gasteiger partial charge in [0.1, 0.15) is 5.82 Å². The van der Waals surface area contributed by atoms with Crippen LogP contribution in [0.4, 0.5) is 0 Å². The van der Waals surface area contributed by atoms with E-state index in [-0.39, 0.29) is 0 Å². The molecule has 2 heterocycles. The van der Waals surface area contributed by atoms with Crippen molar-refractivity contribution in [3.63, 3.8) is 0 Å². The number of imidazole rings is 1. The number of fused-ring (bicyclic) bond motifs is 1. The minimum atomic E-state index is 0.829. The Balaban J connectivity index is 1.80. The molecule has 3 nitrogen and oxygen atoms in total. The van der Waals surface area contributed by atoms with E-state index in [0.29, 0.717) is 0 Å². The second-order valence-corrected chi connectivity index (χ2v) is 6.42. The van der Waals surface area contributed by atoms with Gasteiger partial charge in [-0.05, 0) is 69.3 Å². The number of aryl methyl sites for hydroxylation is 3. The lowest BCUT2D eigenvalue weighted by molar-refractivity contribution is 0.354. The normalized spacial score (nSPS) is 19.2. The Morgan fingerprint density at radius 3 is 3.05 bits per heavy atom. The fourth-order valence-electron chi connectivity index (χ4n) is 3.46. The van der Waals surface area contributed by atoms with E-state index in [9.17, 15) is 0 Å². The lowest BCUT2D eigenvalue weighted by atomic mass is 9.94. The first-order valence-corrected chi connectivity index (χ1v) is 8.44. The molecule has 1 aromatic heterocycles. The van der Waals surface area contributed by atoms with Crippen LogP contribution in [0, 0.1) is 12.8 Å².